The van der Waals surface area contributed by atoms with Crippen LogP contribution in [0, 0.1) is 5.41 Å². The second-order valence-corrected chi connectivity index (χ2v) is 7.57. The molecule has 0 aliphatic heterocycles. The van der Waals surface area contributed by atoms with E-state index in [-0.39, 0.29) is 5.41 Å². The lowest BCUT2D eigenvalue weighted by Gasteiger charge is -2.37. The van der Waals surface area contributed by atoms with Crippen molar-refractivity contribution in [1.82, 2.24) is 0 Å². The highest BCUT2D eigenvalue weighted by atomic mass is 32.1. The van der Waals surface area contributed by atoms with Crippen LogP contribution in [0.25, 0.3) is 0 Å². The third-order valence-electron chi connectivity index (χ3n) is 3.20. The van der Waals surface area contributed by atoms with E-state index in [0.717, 1.165) is 18.2 Å². The summed E-state index contributed by atoms with van der Waals surface area (Å²) in [7, 11) is -2.61. The molecule has 0 aromatic heterocycles. The highest BCUT2D eigenvalue weighted by Gasteiger charge is 2.47. The zero-order chi connectivity index (χ0) is 14.2. The van der Waals surface area contributed by atoms with Gasteiger partial charge >= 0.3 is 8.80 Å². The average Bonchev–Trinajstić information content (AvgIpc) is 2.40. The van der Waals surface area contributed by atoms with Crippen molar-refractivity contribution >= 4 is 21.4 Å². The maximum Gasteiger partial charge on any atom is 0.501 e. The Balaban J connectivity index is 2.90. The van der Waals surface area contributed by atoms with E-state index < -0.39 is 8.80 Å². The average molecular weight is 303 g/mol. The lowest BCUT2D eigenvalue weighted by atomic mass is 9.85. The zero-order valence-electron chi connectivity index (χ0n) is 12.2. The third-order valence-corrected chi connectivity index (χ3v) is 7.15. The fourth-order valence-corrected chi connectivity index (χ4v) is 6.06. The summed E-state index contributed by atoms with van der Waals surface area (Å²) in [6.07, 6.45) is 9.53. The van der Waals surface area contributed by atoms with Gasteiger partial charge in [0, 0.05) is 31.3 Å². The first kappa shape index (κ1) is 17.0. The fraction of sp³-hybridized carbons (Fsp3) is 0.714. The maximum absolute atomic E-state index is 5.94. The highest BCUT2D eigenvalue weighted by Crippen LogP contribution is 2.39. The molecular weight excluding hydrogens is 276 g/mol. The molecule has 19 heavy (non-hydrogen) atoms. The molecule has 1 rings (SSSR count). The molecule has 0 fully saturated rings. The summed E-state index contributed by atoms with van der Waals surface area (Å²) in [5.41, 5.74) is -0.0103. The fourth-order valence-electron chi connectivity index (χ4n) is 2.38. The van der Waals surface area contributed by atoms with Crippen molar-refractivity contribution < 1.29 is 13.3 Å². The van der Waals surface area contributed by atoms with Crippen LogP contribution in [-0.4, -0.2) is 34.4 Å². The molecule has 0 aromatic carbocycles. The lowest BCUT2D eigenvalue weighted by molar-refractivity contribution is 0.0641. The predicted octanol–water partition coefficient (Wildman–Crippen LogP) is 3.47. The minimum absolute atomic E-state index is 0.0103. The number of hydrogen-bond acceptors (Lipinski definition) is 4. The Bertz CT molecular complexity index is 303. The Hall–Kier alpha value is -0.0731. The van der Waals surface area contributed by atoms with Crippen LogP contribution in [-0.2, 0) is 13.3 Å². The predicted molar refractivity (Wildman–Crippen MR) is 84.6 cm³/mol. The summed E-state index contributed by atoms with van der Waals surface area (Å²) in [4.78, 5) is 0. The summed E-state index contributed by atoms with van der Waals surface area (Å²) in [6, 6.07) is 0.792. The van der Waals surface area contributed by atoms with Gasteiger partial charge in [-0.1, -0.05) is 24.3 Å². The largest absolute Gasteiger partial charge is 0.501 e. The number of rotatable bonds is 9. The molecule has 1 aliphatic carbocycles. The Kier molecular flexibility index (Phi) is 7.39. The summed E-state index contributed by atoms with van der Waals surface area (Å²) in [5.74, 6) is 0.774. The van der Waals surface area contributed by atoms with Crippen molar-refractivity contribution in [2.75, 3.05) is 25.6 Å². The molecule has 0 saturated heterocycles. The van der Waals surface area contributed by atoms with Gasteiger partial charge in [0.25, 0.3) is 0 Å². The van der Waals surface area contributed by atoms with Crippen molar-refractivity contribution in [2.45, 2.75) is 33.2 Å². The van der Waals surface area contributed by atoms with Crippen molar-refractivity contribution in [2.24, 2.45) is 5.41 Å². The monoisotopic (exact) mass is 302 g/mol. The molecule has 1 aliphatic rings. The van der Waals surface area contributed by atoms with Crippen molar-refractivity contribution in [3.05, 3.63) is 24.3 Å². The van der Waals surface area contributed by atoms with Crippen LogP contribution >= 0.6 is 12.6 Å². The van der Waals surface area contributed by atoms with Crippen molar-refractivity contribution in [3.8, 4) is 0 Å². The molecule has 0 spiro atoms. The maximum atomic E-state index is 5.94. The van der Waals surface area contributed by atoms with Gasteiger partial charge in [-0.3, -0.25) is 0 Å². The van der Waals surface area contributed by atoms with Gasteiger partial charge in [0.1, 0.15) is 0 Å². The van der Waals surface area contributed by atoms with Crippen LogP contribution in [0.5, 0.6) is 0 Å². The van der Waals surface area contributed by atoms with E-state index in [9.17, 15) is 0 Å². The molecular formula is C14H26O3SSi. The van der Waals surface area contributed by atoms with E-state index in [4.69, 9.17) is 13.3 Å². The van der Waals surface area contributed by atoms with E-state index in [0.29, 0.717) is 19.8 Å². The van der Waals surface area contributed by atoms with Crippen molar-refractivity contribution in [1.29, 1.82) is 0 Å². The molecule has 1 atom stereocenters. The van der Waals surface area contributed by atoms with E-state index in [2.05, 4.69) is 36.9 Å². The molecule has 0 aromatic rings. The molecule has 0 saturated carbocycles. The Morgan fingerprint density at radius 2 is 1.63 bits per heavy atom. The van der Waals surface area contributed by atoms with Gasteiger partial charge in [0.05, 0.1) is 0 Å². The van der Waals surface area contributed by atoms with Crippen LogP contribution < -0.4 is 0 Å². The molecule has 0 radical (unpaired) electrons. The van der Waals surface area contributed by atoms with E-state index >= 15 is 0 Å². The van der Waals surface area contributed by atoms with E-state index in [1.807, 2.05) is 20.8 Å². The summed E-state index contributed by atoms with van der Waals surface area (Å²) >= 11 is 4.54. The summed E-state index contributed by atoms with van der Waals surface area (Å²) in [5, 5.41) is 0. The topological polar surface area (TPSA) is 27.7 Å². The number of hydrogen-bond donors (Lipinski definition) is 1. The first-order valence-corrected chi connectivity index (χ1v) is 9.59. The highest BCUT2D eigenvalue weighted by molar-refractivity contribution is 7.80. The van der Waals surface area contributed by atoms with Crippen molar-refractivity contribution in [3.63, 3.8) is 0 Å². The number of allylic oxidation sites excluding steroid dienone is 4. The van der Waals surface area contributed by atoms with Crippen LogP contribution in [0.3, 0.4) is 0 Å². The standard InChI is InChI=1S/C14H26O3SSi/c1-4-15-19(16-5-2,17-6-3)13-14(12-18)10-8-7-9-11-14/h7-10,18H,4-6,11-13H2,1-3H3. The minimum atomic E-state index is -2.61. The summed E-state index contributed by atoms with van der Waals surface area (Å²) < 4.78 is 17.8. The first-order valence-electron chi connectivity index (χ1n) is 7.03. The van der Waals surface area contributed by atoms with Gasteiger partial charge in [-0.2, -0.15) is 12.6 Å². The first-order chi connectivity index (χ1) is 9.16. The molecule has 0 bridgehead atoms. The smallest absolute Gasteiger partial charge is 0.374 e. The normalized spacial score (nSPS) is 22.9. The summed E-state index contributed by atoms with van der Waals surface area (Å²) in [6.45, 7) is 7.83. The second kappa shape index (κ2) is 8.27. The van der Waals surface area contributed by atoms with Crippen LogP contribution in [0.1, 0.15) is 27.2 Å². The molecule has 0 amide bonds. The van der Waals surface area contributed by atoms with E-state index in [1.54, 1.807) is 0 Å². The molecule has 5 heteroatoms. The SMILES string of the molecule is CCO[Si](CC1(CS)C=CC=CC1)(OCC)OCC. The van der Waals surface area contributed by atoms with E-state index in [1.165, 1.54) is 0 Å². The molecule has 0 N–H and O–H groups in total. The minimum Gasteiger partial charge on any atom is -0.374 e. The molecule has 1 unspecified atom stereocenters. The van der Waals surface area contributed by atoms with Gasteiger partial charge in [0.15, 0.2) is 0 Å². The number of thiol groups is 1. The molecule has 110 valence electrons. The van der Waals surface area contributed by atoms with Gasteiger partial charge in [-0.05, 0) is 32.9 Å². The third kappa shape index (κ3) is 4.75. The Morgan fingerprint density at radius 3 is 2.00 bits per heavy atom. The van der Waals surface area contributed by atoms with Crippen LogP contribution in [0.2, 0.25) is 6.04 Å². The molecule has 3 nitrogen and oxygen atoms in total. The quantitative estimate of drug-likeness (QED) is 0.522. The van der Waals surface area contributed by atoms with Gasteiger partial charge < -0.3 is 13.3 Å². The second-order valence-electron chi connectivity index (χ2n) is 4.67. The van der Waals surface area contributed by atoms with Crippen LogP contribution in [0.15, 0.2) is 24.3 Å². The molecule has 0 heterocycles. The Morgan fingerprint density at radius 1 is 1.05 bits per heavy atom. The zero-order valence-corrected chi connectivity index (χ0v) is 14.1. The van der Waals surface area contributed by atoms with Gasteiger partial charge in [-0.15, -0.1) is 0 Å². The lowest BCUT2D eigenvalue weighted by Crippen LogP contribution is -2.50. The van der Waals surface area contributed by atoms with Gasteiger partial charge in [0.2, 0.25) is 0 Å². The van der Waals surface area contributed by atoms with Crippen LogP contribution in [0.4, 0.5) is 0 Å². The van der Waals surface area contributed by atoms with Gasteiger partial charge in [-0.25, -0.2) is 0 Å². The Labute approximate surface area is 123 Å².